The maximum absolute atomic E-state index is 11.4. The standard InChI is InChI=1S/C11H13ClN4O/c1-7(2)16-6-8(5-13-16)9-3-11(17)15-10(4-12)14-9/h3,5-7H,4H2,1-2H3,(H,14,15,17). The summed E-state index contributed by atoms with van der Waals surface area (Å²) >= 11 is 5.66. The lowest BCUT2D eigenvalue weighted by Gasteiger charge is -2.03. The number of hydrogen-bond donors (Lipinski definition) is 1. The van der Waals surface area contributed by atoms with E-state index in [1.165, 1.54) is 6.07 Å². The summed E-state index contributed by atoms with van der Waals surface area (Å²) in [4.78, 5) is 18.2. The van der Waals surface area contributed by atoms with Crippen LogP contribution >= 0.6 is 11.6 Å². The zero-order chi connectivity index (χ0) is 12.4. The number of rotatable bonds is 3. The fourth-order valence-corrected chi connectivity index (χ4v) is 1.60. The molecule has 0 fully saturated rings. The van der Waals surface area contributed by atoms with Gasteiger partial charge in [-0.3, -0.25) is 9.48 Å². The van der Waals surface area contributed by atoms with Crippen LogP contribution in [0.1, 0.15) is 25.7 Å². The number of halogens is 1. The zero-order valence-electron chi connectivity index (χ0n) is 9.64. The molecule has 0 atom stereocenters. The second-order valence-electron chi connectivity index (χ2n) is 4.01. The van der Waals surface area contributed by atoms with Gasteiger partial charge >= 0.3 is 0 Å². The van der Waals surface area contributed by atoms with Crippen LogP contribution in [0.4, 0.5) is 0 Å². The van der Waals surface area contributed by atoms with Gasteiger partial charge in [0.2, 0.25) is 0 Å². The van der Waals surface area contributed by atoms with Crippen molar-refractivity contribution in [2.75, 3.05) is 0 Å². The number of nitrogens with zero attached hydrogens (tertiary/aromatic N) is 3. The molecule has 0 aliphatic rings. The molecule has 6 heteroatoms. The molecule has 0 aliphatic heterocycles. The average molecular weight is 253 g/mol. The fourth-order valence-electron chi connectivity index (χ4n) is 1.47. The van der Waals surface area contributed by atoms with E-state index in [0.29, 0.717) is 11.5 Å². The van der Waals surface area contributed by atoms with Crippen LogP contribution in [0.15, 0.2) is 23.3 Å². The molecule has 0 aromatic carbocycles. The van der Waals surface area contributed by atoms with Crippen LogP contribution in [0, 0.1) is 0 Å². The predicted octanol–water partition coefficient (Wildman–Crippen LogP) is 1.95. The second-order valence-corrected chi connectivity index (χ2v) is 4.28. The minimum absolute atomic E-state index is 0.182. The lowest BCUT2D eigenvalue weighted by atomic mass is 10.2. The molecule has 0 saturated carbocycles. The van der Waals surface area contributed by atoms with Gasteiger partial charge in [-0.25, -0.2) is 4.98 Å². The van der Waals surface area contributed by atoms with Gasteiger partial charge in [-0.15, -0.1) is 11.6 Å². The number of alkyl halides is 1. The maximum Gasteiger partial charge on any atom is 0.251 e. The molecule has 0 bridgehead atoms. The lowest BCUT2D eigenvalue weighted by molar-refractivity contribution is 0.532. The van der Waals surface area contributed by atoms with Crippen molar-refractivity contribution in [1.29, 1.82) is 0 Å². The van der Waals surface area contributed by atoms with E-state index < -0.39 is 0 Å². The van der Waals surface area contributed by atoms with Crippen molar-refractivity contribution < 1.29 is 0 Å². The Balaban J connectivity index is 2.45. The molecular weight excluding hydrogens is 240 g/mol. The highest BCUT2D eigenvalue weighted by Gasteiger charge is 2.07. The molecule has 0 radical (unpaired) electrons. The largest absolute Gasteiger partial charge is 0.310 e. The minimum atomic E-state index is -0.206. The van der Waals surface area contributed by atoms with E-state index in [2.05, 4.69) is 15.1 Å². The monoisotopic (exact) mass is 252 g/mol. The topological polar surface area (TPSA) is 63.6 Å². The Bertz CT molecular complexity index is 573. The Hall–Kier alpha value is -1.62. The van der Waals surface area contributed by atoms with E-state index in [1.54, 1.807) is 6.20 Å². The summed E-state index contributed by atoms with van der Waals surface area (Å²) in [6, 6.07) is 1.72. The number of hydrogen-bond acceptors (Lipinski definition) is 3. The summed E-state index contributed by atoms with van der Waals surface area (Å²) in [5, 5.41) is 4.21. The Morgan fingerprint density at radius 3 is 2.88 bits per heavy atom. The normalized spacial score (nSPS) is 11.1. The molecule has 5 nitrogen and oxygen atoms in total. The highest BCUT2D eigenvalue weighted by molar-refractivity contribution is 6.16. The quantitative estimate of drug-likeness (QED) is 0.850. The molecule has 1 N–H and O–H groups in total. The first-order chi connectivity index (χ1) is 8.10. The van der Waals surface area contributed by atoms with Gasteiger partial charge in [0.05, 0.1) is 17.8 Å². The first-order valence-corrected chi connectivity index (χ1v) is 5.84. The lowest BCUT2D eigenvalue weighted by Crippen LogP contribution is -2.09. The smallest absolute Gasteiger partial charge is 0.251 e. The van der Waals surface area contributed by atoms with Crippen molar-refractivity contribution in [1.82, 2.24) is 19.7 Å². The van der Waals surface area contributed by atoms with Crippen molar-refractivity contribution in [2.45, 2.75) is 25.8 Å². The molecule has 90 valence electrons. The third kappa shape index (κ3) is 2.55. The third-order valence-electron chi connectivity index (χ3n) is 2.34. The Morgan fingerprint density at radius 2 is 2.29 bits per heavy atom. The van der Waals surface area contributed by atoms with Crippen LogP contribution < -0.4 is 5.56 Å². The fraction of sp³-hybridized carbons (Fsp3) is 0.364. The summed E-state index contributed by atoms with van der Waals surface area (Å²) in [7, 11) is 0. The summed E-state index contributed by atoms with van der Waals surface area (Å²) in [6.07, 6.45) is 3.56. The van der Waals surface area contributed by atoms with Crippen LogP contribution in [-0.4, -0.2) is 19.7 Å². The molecule has 0 amide bonds. The third-order valence-corrected chi connectivity index (χ3v) is 2.60. The van der Waals surface area contributed by atoms with E-state index in [1.807, 2.05) is 24.7 Å². The molecule has 0 spiro atoms. The van der Waals surface area contributed by atoms with E-state index in [9.17, 15) is 4.79 Å². The molecular formula is C11H13ClN4O. The van der Waals surface area contributed by atoms with Crippen molar-refractivity contribution in [3.8, 4) is 11.3 Å². The molecule has 2 aromatic heterocycles. The van der Waals surface area contributed by atoms with Gasteiger partial charge < -0.3 is 4.98 Å². The average Bonchev–Trinajstić information content (AvgIpc) is 2.77. The van der Waals surface area contributed by atoms with Gasteiger partial charge in [-0.1, -0.05) is 0 Å². The van der Waals surface area contributed by atoms with Crippen LogP contribution in [-0.2, 0) is 5.88 Å². The van der Waals surface area contributed by atoms with Crippen molar-refractivity contribution in [3.05, 3.63) is 34.6 Å². The Morgan fingerprint density at radius 1 is 1.53 bits per heavy atom. The van der Waals surface area contributed by atoms with Gasteiger partial charge in [0.1, 0.15) is 5.82 Å². The minimum Gasteiger partial charge on any atom is -0.310 e. The van der Waals surface area contributed by atoms with Crippen molar-refractivity contribution in [3.63, 3.8) is 0 Å². The first-order valence-electron chi connectivity index (χ1n) is 5.31. The number of aromatic amines is 1. The summed E-state index contributed by atoms with van der Waals surface area (Å²) in [6.45, 7) is 4.07. The second kappa shape index (κ2) is 4.71. The van der Waals surface area contributed by atoms with E-state index in [0.717, 1.165) is 5.56 Å². The van der Waals surface area contributed by atoms with Gasteiger partial charge in [-0.2, -0.15) is 5.10 Å². The van der Waals surface area contributed by atoms with Crippen LogP contribution in [0.5, 0.6) is 0 Å². The van der Waals surface area contributed by atoms with E-state index in [-0.39, 0.29) is 17.5 Å². The van der Waals surface area contributed by atoms with Gasteiger partial charge in [0, 0.05) is 23.9 Å². The molecule has 17 heavy (non-hydrogen) atoms. The molecule has 2 heterocycles. The predicted molar refractivity (Wildman–Crippen MR) is 66.0 cm³/mol. The Labute approximate surface area is 103 Å². The Kier molecular flexibility index (Phi) is 3.28. The summed E-state index contributed by atoms with van der Waals surface area (Å²) in [5.41, 5.74) is 1.20. The first kappa shape index (κ1) is 11.9. The van der Waals surface area contributed by atoms with E-state index in [4.69, 9.17) is 11.6 Å². The highest BCUT2D eigenvalue weighted by atomic mass is 35.5. The molecule has 0 aliphatic carbocycles. The molecule has 0 unspecified atom stereocenters. The van der Waals surface area contributed by atoms with E-state index >= 15 is 0 Å². The number of nitrogens with one attached hydrogen (secondary N) is 1. The van der Waals surface area contributed by atoms with Gasteiger partial charge in [0.15, 0.2) is 0 Å². The molecule has 2 aromatic rings. The zero-order valence-corrected chi connectivity index (χ0v) is 10.4. The number of aromatic nitrogens is 4. The van der Waals surface area contributed by atoms with Gasteiger partial charge in [-0.05, 0) is 13.8 Å². The maximum atomic E-state index is 11.4. The molecule has 0 saturated heterocycles. The summed E-state index contributed by atoms with van der Waals surface area (Å²) < 4.78 is 1.82. The number of H-pyrrole nitrogens is 1. The van der Waals surface area contributed by atoms with Crippen molar-refractivity contribution >= 4 is 11.6 Å². The molecule has 2 rings (SSSR count). The van der Waals surface area contributed by atoms with Crippen LogP contribution in [0.2, 0.25) is 0 Å². The van der Waals surface area contributed by atoms with Crippen LogP contribution in [0.25, 0.3) is 11.3 Å². The highest BCUT2D eigenvalue weighted by Crippen LogP contribution is 2.16. The van der Waals surface area contributed by atoms with Gasteiger partial charge in [0.25, 0.3) is 5.56 Å². The SMILES string of the molecule is CC(C)n1cc(-c2cc(=O)[nH]c(CCl)n2)cn1. The van der Waals surface area contributed by atoms with Crippen molar-refractivity contribution in [2.24, 2.45) is 0 Å². The van der Waals surface area contributed by atoms with Crippen LogP contribution in [0.3, 0.4) is 0 Å². The summed E-state index contributed by atoms with van der Waals surface area (Å²) in [5.74, 6) is 0.646.